The molecule has 0 saturated carbocycles. The first-order chi connectivity index (χ1) is 9.17. The molecule has 3 N–H and O–H groups in total. The zero-order valence-corrected chi connectivity index (χ0v) is 11.2. The number of aryl methyl sites for hydroxylation is 2. The van der Waals surface area contributed by atoms with E-state index in [-0.39, 0.29) is 11.9 Å². The molecule has 0 radical (unpaired) electrons. The lowest BCUT2D eigenvalue weighted by atomic mass is 9.95. The van der Waals surface area contributed by atoms with Gasteiger partial charge in [-0.2, -0.15) is 0 Å². The first kappa shape index (κ1) is 13.6. The molecule has 0 bridgehead atoms. The average molecular weight is 259 g/mol. The van der Waals surface area contributed by atoms with Gasteiger partial charge in [0.25, 0.3) is 0 Å². The molecule has 100 valence electrons. The molecule has 1 aromatic carbocycles. The second-order valence-electron chi connectivity index (χ2n) is 4.50. The van der Waals surface area contributed by atoms with Crippen molar-refractivity contribution in [3.63, 3.8) is 0 Å². The van der Waals surface area contributed by atoms with Gasteiger partial charge in [-0.25, -0.2) is 9.82 Å². The van der Waals surface area contributed by atoms with Crippen LogP contribution in [0.5, 0.6) is 0 Å². The molecule has 0 spiro atoms. The van der Waals surface area contributed by atoms with Crippen molar-refractivity contribution in [2.24, 2.45) is 5.84 Å². The largest absolute Gasteiger partial charge is 0.271 e. The van der Waals surface area contributed by atoms with Crippen LogP contribution in [-0.4, -0.2) is 4.98 Å². The second kappa shape index (κ2) is 5.91. The van der Waals surface area contributed by atoms with Crippen LogP contribution in [0.2, 0.25) is 0 Å². The first-order valence-electron chi connectivity index (χ1n) is 6.33. The molecule has 0 aliphatic heterocycles. The lowest BCUT2D eigenvalue weighted by molar-refractivity contribution is 0.600. The monoisotopic (exact) mass is 259 g/mol. The van der Waals surface area contributed by atoms with Crippen LogP contribution >= 0.6 is 0 Å². The second-order valence-corrected chi connectivity index (χ2v) is 4.50. The third-order valence-electron chi connectivity index (χ3n) is 3.29. The van der Waals surface area contributed by atoms with Gasteiger partial charge in [0, 0.05) is 6.20 Å². The van der Waals surface area contributed by atoms with E-state index < -0.39 is 0 Å². The van der Waals surface area contributed by atoms with Crippen LogP contribution in [-0.2, 0) is 6.42 Å². The highest BCUT2D eigenvalue weighted by Gasteiger charge is 2.18. The molecule has 1 heterocycles. The van der Waals surface area contributed by atoms with Crippen molar-refractivity contribution in [3.05, 3.63) is 64.7 Å². The van der Waals surface area contributed by atoms with Gasteiger partial charge in [-0.05, 0) is 48.2 Å². The minimum Gasteiger partial charge on any atom is -0.271 e. The number of halogens is 1. The first-order valence-corrected chi connectivity index (χ1v) is 6.33. The number of hydrogen-bond donors (Lipinski definition) is 2. The summed E-state index contributed by atoms with van der Waals surface area (Å²) in [6.07, 6.45) is 2.62. The highest BCUT2D eigenvalue weighted by Crippen LogP contribution is 2.26. The van der Waals surface area contributed by atoms with Crippen LogP contribution in [0.3, 0.4) is 0 Å². The van der Waals surface area contributed by atoms with Crippen molar-refractivity contribution >= 4 is 0 Å². The standard InChI is InChI=1S/C15H18FN3/c1-3-11-5-4-8-18-14(11)15(19-17)13-7-6-12(16)9-10(13)2/h4-9,15,19H,3,17H2,1-2H3. The van der Waals surface area contributed by atoms with Gasteiger partial charge in [-0.3, -0.25) is 10.8 Å². The van der Waals surface area contributed by atoms with Gasteiger partial charge in [-0.1, -0.05) is 19.1 Å². The van der Waals surface area contributed by atoms with Crippen molar-refractivity contribution in [2.45, 2.75) is 26.3 Å². The van der Waals surface area contributed by atoms with Crippen molar-refractivity contribution in [3.8, 4) is 0 Å². The van der Waals surface area contributed by atoms with Crippen LogP contribution in [0.1, 0.15) is 35.3 Å². The highest BCUT2D eigenvalue weighted by molar-refractivity contribution is 5.37. The highest BCUT2D eigenvalue weighted by atomic mass is 19.1. The molecular formula is C15H18FN3. The fourth-order valence-corrected chi connectivity index (χ4v) is 2.29. The van der Waals surface area contributed by atoms with Crippen LogP contribution in [0.25, 0.3) is 0 Å². The van der Waals surface area contributed by atoms with Crippen molar-refractivity contribution in [1.29, 1.82) is 0 Å². The number of pyridine rings is 1. The minimum absolute atomic E-state index is 0.225. The van der Waals surface area contributed by atoms with E-state index in [4.69, 9.17) is 5.84 Å². The molecule has 1 aromatic heterocycles. The summed E-state index contributed by atoms with van der Waals surface area (Å²) in [5.74, 6) is 5.44. The Balaban J connectivity index is 2.50. The molecule has 2 aromatic rings. The summed E-state index contributed by atoms with van der Waals surface area (Å²) in [7, 11) is 0. The Hall–Kier alpha value is -1.78. The number of benzene rings is 1. The van der Waals surface area contributed by atoms with Crippen molar-refractivity contribution in [1.82, 2.24) is 10.4 Å². The van der Waals surface area contributed by atoms with Gasteiger partial charge in [-0.15, -0.1) is 0 Å². The van der Waals surface area contributed by atoms with Gasteiger partial charge in [0.15, 0.2) is 0 Å². The van der Waals surface area contributed by atoms with Gasteiger partial charge in [0.05, 0.1) is 11.7 Å². The minimum atomic E-state index is -0.242. The number of nitrogens with zero attached hydrogens (tertiary/aromatic N) is 1. The normalized spacial score (nSPS) is 12.4. The van der Waals surface area contributed by atoms with E-state index in [0.717, 1.165) is 28.8 Å². The predicted molar refractivity (Wildman–Crippen MR) is 73.9 cm³/mol. The SMILES string of the molecule is CCc1cccnc1C(NN)c1ccc(F)cc1C. The summed E-state index contributed by atoms with van der Waals surface area (Å²) in [6, 6.07) is 8.43. The van der Waals surface area contributed by atoms with Gasteiger partial charge >= 0.3 is 0 Å². The van der Waals surface area contributed by atoms with E-state index in [2.05, 4.69) is 17.3 Å². The van der Waals surface area contributed by atoms with Crippen LogP contribution in [0.4, 0.5) is 4.39 Å². The molecule has 0 amide bonds. The molecule has 1 unspecified atom stereocenters. The fourth-order valence-electron chi connectivity index (χ4n) is 2.29. The maximum absolute atomic E-state index is 13.2. The van der Waals surface area contributed by atoms with Gasteiger partial charge in [0.2, 0.25) is 0 Å². The topological polar surface area (TPSA) is 50.9 Å². The Morgan fingerprint density at radius 2 is 2.16 bits per heavy atom. The van der Waals surface area contributed by atoms with E-state index in [9.17, 15) is 4.39 Å². The zero-order valence-electron chi connectivity index (χ0n) is 11.2. The molecule has 0 aliphatic rings. The summed E-state index contributed by atoms with van der Waals surface area (Å²) in [5.41, 5.74) is 6.61. The Labute approximate surface area is 112 Å². The van der Waals surface area contributed by atoms with Crippen molar-refractivity contribution in [2.75, 3.05) is 0 Å². The number of aromatic nitrogens is 1. The quantitative estimate of drug-likeness (QED) is 0.655. The van der Waals surface area contributed by atoms with Gasteiger partial charge in [0.1, 0.15) is 5.82 Å². The van der Waals surface area contributed by atoms with E-state index >= 15 is 0 Å². The van der Waals surface area contributed by atoms with E-state index in [1.54, 1.807) is 12.3 Å². The molecule has 19 heavy (non-hydrogen) atoms. The third-order valence-corrected chi connectivity index (χ3v) is 3.29. The maximum atomic E-state index is 13.2. The average Bonchev–Trinajstić information content (AvgIpc) is 2.42. The number of hydrazine groups is 1. The predicted octanol–water partition coefficient (Wildman–Crippen LogP) is 2.64. The van der Waals surface area contributed by atoms with Crippen LogP contribution < -0.4 is 11.3 Å². The molecule has 1 atom stereocenters. The Kier molecular flexibility index (Phi) is 4.24. The molecule has 4 heteroatoms. The van der Waals surface area contributed by atoms with E-state index in [1.165, 1.54) is 12.1 Å². The number of rotatable bonds is 4. The third kappa shape index (κ3) is 2.80. The summed E-state index contributed by atoms with van der Waals surface area (Å²) >= 11 is 0. The van der Waals surface area contributed by atoms with Gasteiger partial charge < -0.3 is 0 Å². The summed E-state index contributed by atoms with van der Waals surface area (Å²) in [5, 5.41) is 0. The van der Waals surface area contributed by atoms with E-state index in [0.29, 0.717) is 0 Å². The number of hydrogen-bond acceptors (Lipinski definition) is 3. The number of nitrogens with one attached hydrogen (secondary N) is 1. The Bertz CT molecular complexity index is 569. The number of nitrogens with two attached hydrogens (primary N) is 1. The lowest BCUT2D eigenvalue weighted by Gasteiger charge is -2.20. The Morgan fingerprint density at radius 1 is 1.37 bits per heavy atom. The smallest absolute Gasteiger partial charge is 0.123 e. The molecule has 0 aliphatic carbocycles. The van der Waals surface area contributed by atoms with Crippen molar-refractivity contribution < 1.29 is 4.39 Å². The molecule has 2 rings (SSSR count). The van der Waals surface area contributed by atoms with Crippen LogP contribution in [0, 0.1) is 12.7 Å². The molecular weight excluding hydrogens is 241 g/mol. The van der Waals surface area contributed by atoms with Crippen LogP contribution in [0.15, 0.2) is 36.5 Å². The molecule has 0 saturated heterocycles. The Morgan fingerprint density at radius 3 is 2.79 bits per heavy atom. The molecule has 3 nitrogen and oxygen atoms in total. The maximum Gasteiger partial charge on any atom is 0.123 e. The fraction of sp³-hybridized carbons (Fsp3) is 0.267. The molecule has 0 fully saturated rings. The zero-order chi connectivity index (χ0) is 13.8. The van der Waals surface area contributed by atoms with E-state index in [1.807, 2.05) is 19.1 Å². The lowest BCUT2D eigenvalue weighted by Crippen LogP contribution is -2.30. The summed E-state index contributed by atoms with van der Waals surface area (Å²) in [6.45, 7) is 3.95. The summed E-state index contributed by atoms with van der Waals surface area (Å²) < 4.78 is 13.2. The summed E-state index contributed by atoms with van der Waals surface area (Å²) in [4.78, 5) is 4.42.